The Morgan fingerprint density at radius 2 is 1.87 bits per heavy atom. The van der Waals surface area contributed by atoms with Crippen LogP contribution in [0.2, 0.25) is 0 Å². The minimum atomic E-state index is -3.68. The third-order valence-corrected chi connectivity index (χ3v) is 5.74. The Kier molecular flexibility index (Phi) is 4.23. The van der Waals surface area contributed by atoms with Gasteiger partial charge in [-0.1, -0.05) is 36.5 Å². The molecule has 0 aliphatic rings. The van der Waals surface area contributed by atoms with Gasteiger partial charge in [0.25, 0.3) is 10.0 Å². The Balaban J connectivity index is 2.01. The molecule has 0 atom stereocenters. The predicted molar refractivity (Wildman–Crippen MR) is 93.6 cm³/mol. The van der Waals surface area contributed by atoms with E-state index in [1.54, 1.807) is 41.0 Å². The first-order chi connectivity index (χ1) is 11.0. The van der Waals surface area contributed by atoms with Crippen LogP contribution in [0.3, 0.4) is 0 Å². The van der Waals surface area contributed by atoms with Crippen LogP contribution >= 0.6 is 11.3 Å². The van der Waals surface area contributed by atoms with Gasteiger partial charge in [-0.25, -0.2) is 8.42 Å². The largest absolute Gasteiger partial charge is 0.308 e. The van der Waals surface area contributed by atoms with Crippen molar-refractivity contribution in [3.63, 3.8) is 0 Å². The van der Waals surface area contributed by atoms with E-state index < -0.39 is 10.0 Å². The maximum absolute atomic E-state index is 12.5. The van der Waals surface area contributed by atoms with Gasteiger partial charge >= 0.3 is 4.87 Å². The van der Waals surface area contributed by atoms with Crippen LogP contribution in [-0.2, 0) is 16.6 Å². The van der Waals surface area contributed by atoms with Crippen LogP contribution in [-0.4, -0.2) is 13.0 Å². The number of rotatable bonds is 5. The van der Waals surface area contributed by atoms with E-state index >= 15 is 0 Å². The quantitative estimate of drug-likeness (QED) is 0.769. The molecule has 0 unspecified atom stereocenters. The third kappa shape index (κ3) is 3.16. The lowest BCUT2D eigenvalue weighted by molar-refractivity contribution is 0.601. The van der Waals surface area contributed by atoms with Gasteiger partial charge in [0.05, 0.1) is 15.1 Å². The Labute approximate surface area is 138 Å². The number of para-hydroxylation sites is 1. The lowest BCUT2D eigenvalue weighted by atomic mass is 10.3. The number of nitrogens with one attached hydrogen (secondary N) is 1. The topological polar surface area (TPSA) is 68.2 Å². The van der Waals surface area contributed by atoms with Crippen LogP contribution in [0.1, 0.15) is 13.3 Å². The smallest absolute Gasteiger partial charge is 0.299 e. The molecule has 0 amide bonds. The van der Waals surface area contributed by atoms with Crippen molar-refractivity contribution < 1.29 is 8.42 Å². The monoisotopic (exact) mass is 348 g/mol. The minimum absolute atomic E-state index is 0.0626. The number of aryl methyl sites for hydroxylation is 1. The number of anilines is 1. The zero-order valence-corrected chi connectivity index (χ0v) is 14.2. The summed E-state index contributed by atoms with van der Waals surface area (Å²) in [6.45, 7) is 2.63. The highest BCUT2D eigenvalue weighted by atomic mass is 32.2. The lowest BCUT2D eigenvalue weighted by Gasteiger charge is -2.08. The van der Waals surface area contributed by atoms with Gasteiger partial charge in [0.2, 0.25) is 0 Å². The molecule has 3 rings (SSSR count). The molecule has 23 heavy (non-hydrogen) atoms. The van der Waals surface area contributed by atoms with Crippen molar-refractivity contribution in [2.45, 2.75) is 24.8 Å². The number of benzene rings is 2. The summed E-state index contributed by atoms with van der Waals surface area (Å²) in [5.74, 6) is 0. The predicted octanol–water partition coefficient (Wildman–Crippen LogP) is 3.27. The first-order valence-electron chi connectivity index (χ1n) is 7.22. The van der Waals surface area contributed by atoms with Crippen molar-refractivity contribution in [1.29, 1.82) is 0 Å². The highest BCUT2D eigenvalue weighted by molar-refractivity contribution is 7.92. The molecule has 0 saturated heterocycles. The Bertz CT molecular complexity index is 989. The summed E-state index contributed by atoms with van der Waals surface area (Å²) < 4.78 is 29.8. The molecule has 120 valence electrons. The van der Waals surface area contributed by atoms with E-state index in [4.69, 9.17) is 0 Å². The maximum atomic E-state index is 12.5. The van der Waals surface area contributed by atoms with Gasteiger partial charge < -0.3 is 0 Å². The molecule has 0 bridgehead atoms. The fourth-order valence-corrected chi connectivity index (χ4v) is 4.49. The zero-order chi connectivity index (χ0) is 16.4. The van der Waals surface area contributed by atoms with Crippen molar-refractivity contribution in [1.82, 2.24) is 4.57 Å². The molecule has 1 aromatic heterocycles. The Morgan fingerprint density at radius 1 is 1.13 bits per heavy atom. The zero-order valence-electron chi connectivity index (χ0n) is 12.5. The fraction of sp³-hybridized carbons (Fsp3) is 0.188. The van der Waals surface area contributed by atoms with Gasteiger partial charge in [-0.05, 0) is 36.8 Å². The SMILES string of the molecule is CCCn1c(=O)sc2cc(S(=O)(=O)Nc3ccccc3)ccc21. The number of thiazole rings is 1. The normalized spacial score (nSPS) is 11.7. The number of aromatic nitrogens is 1. The van der Waals surface area contributed by atoms with Crippen LogP contribution in [0.5, 0.6) is 0 Å². The van der Waals surface area contributed by atoms with Crippen LogP contribution in [0.4, 0.5) is 5.69 Å². The fourth-order valence-electron chi connectivity index (χ4n) is 2.37. The van der Waals surface area contributed by atoms with Gasteiger partial charge in [0, 0.05) is 12.2 Å². The van der Waals surface area contributed by atoms with E-state index in [1.165, 1.54) is 6.07 Å². The molecule has 0 saturated carbocycles. The second kappa shape index (κ2) is 6.17. The summed E-state index contributed by atoms with van der Waals surface area (Å²) in [5, 5.41) is 0. The molecule has 2 aromatic carbocycles. The van der Waals surface area contributed by atoms with Gasteiger partial charge in [-0.3, -0.25) is 14.1 Å². The number of sulfonamides is 1. The molecule has 0 radical (unpaired) electrons. The molecule has 1 heterocycles. The highest BCUT2D eigenvalue weighted by Crippen LogP contribution is 2.23. The van der Waals surface area contributed by atoms with E-state index in [-0.39, 0.29) is 9.77 Å². The average Bonchev–Trinajstić information content (AvgIpc) is 2.83. The number of hydrogen-bond acceptors (Lipinski definition) is 4. The lowest BCUT2D eigenvalue weighted by Crippen LogP contribution is -2.13. The molecular formula is C16H16N2O3S2. The van der Waals surface area contributed by atoms with Crippen molar-refractivity contribution in [3.8, 4) is 0 Å². The van der Waals surface area contributed by atoms with Crippen molar-refractivity contribution >= 4 is 37.3 Å². The van der Waals surface area contributed by atoms with Crippen molar-refractivity contribution in [2.24, 2.45) is 0 Å². The molecule has 0 spiro atoms. The highest BCUT2D eigenvalue weighted by Gasteiger charge is 2.16. The van der Waals surface area contributed by atoms with Crippen molar-refractivity contribution in [2.75, 3.05) is 4.72 Å². The summed E-state index contributed by atoms with van der Waals surface area (Å²) >= 11 is 1.07. The van der Waals surface area contributed by atoms with Gasteiger partial charge in [-0.15, -0.1) is 0 Å². The van der Waals surface area contributed by atoms with Gasteiger partial charge in [0.1, 0.15) is 0 Å². The minimum Gasteiger partial charge on any atom is -0.299 e. The molecule has 1 N–H and O–H groups in total. The molecule has 5 nitrogen and oxygen atoms in total. The second-order valence-corrected chi connectivity index (χ2v) is 7.80. The Morgan fingerprint density at radius 3 is 2.57 bits per heavy atom. The van der Waals surface area contributed by atoms with Crippen LogP contribution < -0.4 is 9.60 Å². The number of hydrogen-bond donors (Lipinski definition) is 1. The molecular weight excluding hydrogens is 332 g/mol. The van der Waals surface area contributed by atoms with Crippen LogP contribution in [0.15, 0.2) is 58.2 Å². The second-order valence-electron chi connectivity index (χ2n) is 5.12. The molecule has 7 heteroatoms. The standard InChI is InChI=1S/C16H16N2O3S2/c1-2-10-18-14-9-8-13(11-15(14)22-16(18)19)23(20,21)17-12-6-4-3-5-7-12/h3-9,11,17H,2,10H2,1H3. The number of nitrogens with zero attached hydrogens (tertiary/aromatic N) is 1. The third-order valence-electron chi connectivity index (χ3n) is 3.42. The van der Waals surface area contributed by atoms with Gasteiger partial charge in [0.15, 0.2) is 0 Å². The van der Waals surface area contributed by atoms with E-state index in [9.17, 15) is 13.2 Å². The molecule has 3 aromatic rings. The first-order valence-corrected chi connectivity index (χ1v) is 9.52. The van der Waals surface area contributed by atoms with E-state index in [0.717, 1.165) is 23.3 Å². The average molecular weight is 348 g/mol. The van der Waals surface area contributed by atoms with E-state index in [2.05, 4.69) is 4.72 Å². The molecule has 0 aliphatic carbocycles. The Hall–Kier alpha value is -2.12. The molecule has 0 fully saturated rings. The van der Waals surface area contributed by atoms with E-state index in [1.807, 2.05) is 13.0 Å². The van der Waals surface area contributed by atoms with Gasteiger partial charge in [-0.2, -0.15) is 0 Å². The summed E-state index contributed by atoms with van der Waals surface area (Å²) in [6.07, 6.45) is 0.849. The van der Waals surface area contributed by atoms with Crippen LogP contribution in [0, 0.1) is 0 Å². The summed E-state index contributed by atoms with van der Waals surface area (Å²) in [4.78, 5) is 12.1. The summed E-state index contributed by atoms with van der Waals surface area (Å²) in [5.41, 5.74) is 1.28. The summed E-state index contributed by atoms with van der Waals surface area (Å²) in [6, 6.07) is 13.5. The summed E-state index contributed by atoms with van der Waals surface area (Å²) in [7, 11) is -3.68. The van der Waals surface area contributed by atoms with Crippen molar-refractivity contribution in [3.05, 3.63) is 58.2 Å². The van der Waals surface area contributed by atoms with E-state index in [0.29, 0.717) is 16.9 Å². The molecule has 0 aliphatic heterocycles. The maximum Gasteiger partial charge on any atom is 0.308 e. The number of fused-ring (bicyclic) bond motifs is 1. The first kappa shape index (κ1) is 15.8. The van der Waals surface area contributed by atoms with Crippen LogP contribution in [0.25, 0.3) is 10.2 Å².